The van der Waals surface area contributed by atoms with Crippen LogP contribution in [0.2, 0.25) is 0 Å². The molecule has 6 rings (SSSR count). The van der Waals surface area contributed by atoms with Gasteiger partial charge in [-0.3, -0.25) is 14.3 Å². The summed E-state index contributed by atoms with van der Waals surface area (Å²) in [5.74, 6) is 3.54. The molecule has 4 aromatic rings. The molecule has 2 saturated heterocycles. The number of carbonyl (C=O) groups excluding carboxylic acids is 1. The molecule has 0 unspecified atom stereocenters. The number of nitrogens with zero attached hydrogens (tertiary/aromatic N) is 8. The number of hydrogen-bond donors (Lipinski definition) is 1. The van der Waals surface area contributed by atoms with Gasteiger partial charge < -0.3 is 19.9 Å². The fourth-order valence-corrected chi connectivity index (χ4v) is 5.58. The van der Waals surface area contributed by atoms with Crippen LogP contribution in [0.5, 0.6) is 0 Å². The number of anilines is 1. The molecule has 0 atom stereocenters. The standard InChI is InChI=1S/C26H33N9O2.C2H2/c1-17-28-19-5-3-4-6-20(19)35(17)26-30-24-23(25(31-26)34-11-13-37-14-12-34)29-22(32(24)2)15-18-7-9-33(10-8-18)16-21(27)36;1-2/h3-6,18H,7-16H2,1-2H3,(H2,27,36);1-2H. The van der Waals surface area contributed by atoms with Crippen LogP contribution in [0.15, 0.2) is 24.3 Å². The van der Waals surface area contributed by atoms with Crippen LogP contribution in [-0.4, -0.2) is 85.8 Å². The molecule has 3 aromatic heterocycles. The van der Waals surface area contributed by atoms with Crippen molar-refractivity contribution in [2.24, 2.45) is 18.7 Å². The van der Waals surface area contributed by atoms with Crippen molar-refractivity contribution in [2.75, 3.05) is 50.8 Å². The van der Waals surface area contributed by atoms with Crippen molar-refractivity contribution in [1.29, 1.82) is 0 Å². The smallest absolute Gasteiger partial charge is 0.239 e. The topological polar surface area (TPSA) is 120 Å². The molecule has 1 amide bonds. The number of primary amides is 1. The number of aryl methyl sites for hydroxylation is 2. The second kappa shape index (κ2) is 11.4. The summed E-state index contributed by atoms with van der Waals surface area (Å²) < 4.78 is 9.76. The van der Waals surface area contributed by atoms with Gasteiger partial charge in [0.05, 0.1) is 30.8 Å². The van der Waals surface area contributed by atoms with Gasteiger partial charge in [-0.2, -0.15) is 9.97 Å². The zero-order valence-electron chi connectivity index (χ0n) is 22.6. The van der Waals surface area contributed by atoms with Crippen molar-refractivity contribution in [3.63, 3.8) is 0 Å². The molecule has 0 radical (unpaired) electrons. The zero-order valence-corrected chi connectivity index (χ0v) is 22.6. The minimum Gasteiger partial charge on any atom is -0.378 e. The largest absolute Gasteiger partial charge is 0.378 e. The van der Waals surface area contributed by atoms with Crippen molar-refractivity contribution in [3.8, 4) is 18.8 Å². The van der Waals surface area contributed by atoms with Crippen LogP contribution in [0, 0.1) is 25.7 Å². The average molecular weight is 530 g/mol. The summed E-state index contributed by atoms with van der Waals surface area (Å²) in [6.07, 6.45) is 10.9. The van der Waals surface area contributed by atoms with Crippen molar-refractivity contribution >= 4 is 33.9 Å². The Balaban J connectivity index is 0.00000151. The summed E-state index contributed by atoms with van der Waals surface area (Å²) in [5, 5.41) is 0. The monoisotopic (exact) mass is 529 g/mol. The van der Waals surface area contributed by atoms with E-state index < -0.39 is 0 Å². The molecule has 39 heavy (non-hydrogen) atoms. The van der Waals surface area contributed by atoms with E-state index in [9.17, 15) is 4.79 Å². The number of likely N-dealkylation sites (tertiary alicyclic amines) is 1. The van der Waals surface area contributed by atoms with Crippen LogP contribution in [0.1, 0.15) is 24.5 Å². The highest BCUT2D eigenvalue weighted by Gasteiger charge is 2.26. The molecule has 2 N–H and O–H groups in total. The average Bonchev–Trinajstić information content (AvgIpc) is 3.46. The van der Waals surface area contributed by atoms with E-state index in [4.69, 9.17) is 30.4 Å². The van der Waals surface area contributed by atoms with E-state index in [2.05, 4.69) is 33.3 Å². The van der Waals surface area contributed by atoms with Gasteiger partial charge in [-0.05, 0) is 50.9 Å². The zero-order chi connectivity index (χ0) is 27.5. The van der Waals surface area contributed by atoms with Crippen molar-refractivity contribution < 1.29 is 9.53 Å². The van der Waals surface area contributed by atoms with Gasteiger partial charge in [-0.25, -0.2) is 9.97 Å². The number of hydrogen-bond acceptors (Lipinski definition) is 8. The summed E-state index contributed by atoms with van der Waals surface area (Å²) >= 11 is 0. The first-order valence-corrected chi connectivity index (χ1v) is 13.3. The number of imidazole rings is 2. The molecule has 204 valence electrons. The van der Waals surface area contributed by atoms with Crippen LogP contribution >= 0.6 is 0 Å². The number of nitrogens with two attached hydrogens (primary N) is 1. The molecular weight excluding hydrogens is 494 g/mol. The predicted octanol–water partition coefficient (Wildman–Crippen LogP) is 1.84. The Labute approximate surface area is 228 Å². The third-order valence-electron chi connectivity index (χ3n) is 7.58. The van der Waals surface area contributed by atoms with Crippen molar-refractivity contribution in [3.05, 3.63) is 35.9 Å². The molecule has 0 saturated carbocycles. The number of rotatable bonds is 6. The first-order valence-electron chi connectivity index (χ1n) is 13.3. The normalized spacial score (nSPS) is 16.9. The lowest BCUT2D eigenvalue weighted by atomic mass is 9.93. The molecule has 1 aromatic carbocycles. The van der Waals surface area contributed by atoms with Crippen molar-refractivity contribution in [1.82, 2.24) is 34.0 Å². The number of ether oxygens (including phenoxy) is 1. The number of terminal acetylenes is 1. The molecule has 2 aliphatic heterocycles. The predicted molar refractivity (Wildman–Crippen MR) is 151 cm³/mol. The first-order chi connectivity index (χ1) is 19.0. The molecule has 0 spiro atoms. The second-order valence-corrected chi connectivity index (χ2v) is 10.1. The summed E-state index contributed by atoms with van der Waals surface area (Å²) in [7, 11) is 2.05. The van der Waals surface area contributed by atoms with Gasteiger partial charge in [0.15, 0.2) is 17.0 Å². The van der Waals surface area contributed by atoms with Crippen LogP contribution in [0.4, 0.5) is 5.82 Å². The Morgan fingerprint density at radius 2 is 1.77 bits per heavy atom. The number of amides is 1. The summed E-state index contributed by atoms with van der Waals surface area (Å²) in [6.45, 7) is 6.94. The quantitative estimate of drug-likeness (QED) is 0.376. The van der Waals surface area contributed by atoms with Crippen molar-refractivity contribution in [2.45, 2.75) is 26.2 Å². The lowest BCUT2D eigenvalue weighted by Crippen LogP contribution is -2.40. The Hall–Kier alpha value is -4.01. The van der Waals surface area contributed by atoms with Gasteiger partial charge in [0.1, 0.15) is 11.6 Å². The van der Waals surface area contributed by atoms with Crippen LogP contribution in [0.25, 0.3) is 28.1 Å². The number of carbonyl (C=O) groups is 1. The number of benzene rings is 1. The van der Waals surface area contributed by atoms with Gasteiger partial charge >= 0.3 is 0 Å². The number of fused-ring (bicyclic) bond motifs is 2. The van der Waals surface area contributed by atoms with Gasteiger partial charge in [0.25, 0.3) is 0 Å². The third-order valence-corrected chi connectivity index (χ3v) is 7.58. The molecular formula is C28H35N9O2. The molecule has 11 nitrogen and oxygen atoms in total. The second-order valence-electron chi connectivity index (χ2n) is 10.1. The minimum atomic E-state index is -0.264. The molecule has 0 bridgehead atoms. The fourth-order valence-electron chi connectivity index (χ4n) is 5.58. The third kappa shape index (κ3) is 5.30. The maximum absolute atomic E-state index is 11.3. The highest BCUT2D eigenvalue weighted by Crippen LogP contribution is 2.30. The van der Waals surface area contributed by atoms with Crippen LogP contribution in [0.3, 0.4) is 0 Å². The van der Waals surface area contributed by atoms with E-state index in [-0.39, 0.29) is 5.91 Å². The molecule has 11 heteroatoms. The molecule has 0 aliphatic carbocycles. The first kappa shape index (κ1) is 26.6. The Bertz CT molecular complexity index is 1490. The van der Waals surface area contributed by atoms with E-state index in [1.165, 1.54) is 0 Å². The van der Waals surface area contributed by atoms with E-state index in [0.29, 0.717) is 31.6 Å². The molecule has 2 aliphatic rings. The van der Waals surface area contributed by atoms with Crippen LogP contribution in [-0.2, 0) is 23.0 Å². The Kier molecular flexibility index (Phi) is 7.77. The van der Waals surface area contributed by atoms with E-state index in [0.717, 1.165) is 85.1 Å². The number of morpholine rings is 1. The summed E-state index contributed by atoms with van der Waals surface area (Å²) in [4.78, 5) is 35.6. The highest BCUT2D eigenvalue weighted by molar-refractivity contribution is 5.86. The molecule has 2 fully saturated rings. The minimum absolute atomic E-state index is 0.264. The van der Waals surface area contributed by atoms with E-state index in [1.54, 1.807) is 0 Å². The fraction of sp³-hybridized carbons (Fsp3) is 0.464. The Morgan fingerprint density at radius 1 is 1.05 bits per heavy atom. The SMILES string of the molecule is C#C.Cc1nc2ccccc2n1-c1nc(N2CCOCC2)c2nc(CC3CCN(CC(N)=O)CC3)n(C)c2n1. The van der Waals surface area contributed by atoms with Gasteiger partial charge in [-0.15, -0.1) is 12.8 Å². The van der Waals surface area contributed by atoms with Gasteiger partial charge in [0.2, 0.25) is 11.9 Å². The van der Waals surface area contributed by atoms with Gasteiger partial charge in [0, 0.05) is 26.6 Å². The Morgan fingerprint density at radius 3 is 2.49 bits per heavy atom. The number of aromatic nitrogens is 6. The number of para-hydroxylation sites is 2. The summed E-state index contributed by atoms with van der Waals surface area (Å²) in [6, 6.07) is 8.07. The molecule has 5 heterocycles. The summed E-state index contributed by atoms with van der Waals surface area (Å²) in [5.41, 5.74) is 8.94. The lowest BCUT2D eigenvalue weighted by molar-refractivity contribution is -0.119. The maximum Gasteiger partial charge on any atom is 0.239 e. The highest BCUT2D eigenvalue weighted by atomic mass is 16.5. The van der Waals surface area contributed by atoms with E-state index in [1.807, 2.05) is 36.7 Å². The van der Waals surface area contributed by atoms with E-state index >= 15 is 0 Å². The van der Waals surface area contributed by atoms with Gasteiger partial charge in [-0.1, -0.05) is 12.1 Å². The number of piperidine rings is 1. The lowest BCUT2D eigenvalue weighted by Gasteiger charge is -2.30. The maximum atomic E-state index is 11.3. The van der Waals surface area contributed by atoms with Crippen LogP contribution < -0.4 is 10.6 Å².